The summed E-state index contributed by atoms with van der Waals surface area (Å²) in [5, 5.41) is 70.1. The molecular weight excluding hydrogens is 424 g/mol. The molecule has 10 nitrogen and oxygen atoms in total. The molecule has 10 heteroatoms. The Bertz CT molecular complexity index is 1180. The van der Waals surface area contributed by atoms with Gasteiger partial charge in [0.25, 0.3) is 0 Å². The first-order valence-corrected chi connectivity index (χ1v) is 9.78. The van der Waals surface area contributed by atoms with Crippen LogP contribution >= 0.6 is 0 Å². The van der Waals surface area contributed by atoms with E-state index in [0.29, 0.717) is 0 Å². The molecule has 1 saturated heterocycles. The molecule has 32 heavy (non-hydrogen) atoms. The summed E-state index contributed by atoms with van der Waals surface area (Å²) in [4.78, 5) is 13.0. The lowest BCUT2D eigenvalue weighted by Crippen LogP contribution is -2.55. The first kappa shape index (κ1) is 22.5. The largest absolute Gasteiger partial charge is 0.455 e. The van der Waals surface area contributed by atoms with Gasteiger partial charge in [0.1, 0.15) is 47.4 Å². The van der Waals surface area contributed by atoms with Crippen LogP contribution in [0.3, 0.4) is 0 Å². The topological polar surface area (TPSA) is 181 Å². The number of aliphatic hydroxyl groups is 7. The maximum absolute atomic E-state index is 13.0. The summed E-state index contributed by atoms with van der Waals surface area (Å²) in [6.45, 7) is -0.646. The van der Waals surface area contributed by atoms with Crippen molar-refractivity contribution < 1.29 is 44.9 Å². The molecule has 170 valence electrons. The Hall–Kier alpha value is -2.67. The van der Waals surface area contributed by atoms with Crippen LogP contribution in [0.1, 0.15) is 17.2 Å². The molecule has 2 aromatic carbocycles. The lowest BCUT2D eigenvalue weighted by atomic mass is 9.87. The molecule has 0 saturated carbocycles. The number of hydrogen-bond acceptors (Lipinski definition) is 10. The highest BCUT2D eigenvalue weighted by Gasteiger charge is 2.45. The number of aliphatic hydroxyl groups excluding tert-OH is 4. The minimum atomic E-state index is -3.55. The van der Waals surface area contributed by atoms with E-state index in [2.05, 4.69) is 0 Å². The SMILES string of the molecule is O=c1c(C(O)(O)O)c(-c2ccccc2C2O[C@H](CO)[C@@H](O)[C@H](O)[C@H]2O)oc2ccccc12. The summed E-state index contributed by atoms with van der Waals surface area (Å²) < 4.78 is 11.4. The van der Waals surface area contributed by atoms with Crippen molar-refractivity contribution in [1.82, 2.24) is 0 Å². The van der Waals surface area contributed by atoms with Crippen molar-refractivity contribution in [3.63, 3.8) is 0 Å². The van der Waals surface area contributed by atoms with Crippen LogP contribution in [0.15, 0.2) is 57.7 Å². The minimum Gasteiger partial charge on any atom is -0.455 e. The van der Waals surface area contributed by atoms with Crippen molar-refractivity contribution >= 4 is 11.0 Å². The van der Waals surface area contributed by atoms with E-state index in [1.54, 1.807) is 18.2 Å². The van der Waals surface area contributed by atoms with Crippen molar-refractivity contribution in [3.8, 4) is 11.3 Å². The standard InChI is InChI=1S/C22H22O10/c23-9-14-17(25)18(26)19(27)21(32-14)11-6-2-1-5-10(11)20-15(22(28,29)30)16(24)12-7-3-4-8-13(12)31-20/h1-8,14,17-19,21,23,25-30H,9H2/t14-,17-,18+,19-,21?/m1/s1. The third kappa shape index (κ3) is 3.72. The predicted octanol–water partition coefficient (Wildman–Crippen LogP) is -0.938. The average Bonchev–Trinajstić information content (AvgIpc) is 2.77. The molecule has 5 atom stereocenters. The molecule has 0 radical (unpaired) electrons. The summed E-state index contributed by atoms with van der Waals surface area (Å²) in [6.07, 6.45) is -7.35. The molecule has 1 aliphatic rings. The van der Waals surface area contributed by atoms with Gasteiger partial charge in [-0.15, -0.1) is 0 Å². The lowest BCUT2D eigenvalue weighted by molar-refractivity contribution is -0.324. The number of para-hydroxylation sites is 1. The van der Waals surface area contributed by atoms with Gasteiger partial charge in [-0.25, -0.2) is 0 Å². The summed E-state index contributed by atoms with van der Waals surface area (Å²) >= 11 is 0. The van der Waals surface area contributed by atoms with Gasteiger partial charge in [0.05, 0.1) is 12.0 Å². The predicted molar refractivity (Wildman–Crippen MR) is 109 cm³/mol. The van der Waals surface area contributed by atoms with E-state index in [4.69, 9.17) is 9.15 Å². The van der Waals surface area contributed by atoms with Crippen LogP contribution in [0, 0.1) is 0 Å². The van der Waals surface area contributed by atoms with Crippen LogP contribution in [-0.2, 0) is 10.7 Å². The van der Waals surface area contributed by atoms with Crippen LogP contribution in [-0.4, -0.2) is 66.8 Å². The number of benzene rings is 2. The second-order valence-electron chi connectivity index (χ2n) is 7.60. The Labute approximate surface area is 180 Å². The first-order chi connectivity index (χ1) is 15.1. The fraction of sp³-hybridized carbons (Fsp3) is 0.318. The van der Waals surface area contributed by atoms with E-state index in [1.165, 1.54) is 30.3 Å². The molecule has 1 unspecified atom stereocenters. The minimum absolute atomic E-state index is 0.00176. The highest BCUT2D eigenvalue weighted by molar-refractivity contribution is 5.81. The zero-order chi connectivity index (χ0) is 23.2. The van der Waals surface area contributed by atoms with Crippen molar-refractivity contribution in [2.45, 2.75) is 36.5 Å². The van der Waals surface area contributed by atoms with E-state index in [1.807, 2.05) is 0 Å². The molecule has 4 rings (SSSR count). The Balaban J connectivity index is 1.97. The molecule has 1 aromatic heterocycles. The molecular formula is C22H22O10. The van der Waals surface area contributed by atoms with Crippen molar-refractivity contribution in [2.24, 2.45) is 0 Å². The maximum Gasteiger partial charge on any atom is 0.312 e. The molecule has 3 aromatic rings. The monoisotopic (exact) mass is 446 g/mol. The van der Waals surface area contributed by atoms with Gasteiger partial charge in [-0.3, -0.25) is 4.79 Å². The third-order valence-corrected chi connectivity index (χ3v) is 5.54. The van der Waals surface area contributed by atoms with Gasteiger partial charge in [-0.05, 0) is 17.7 Å². The van der Waals surface area contributed by atoms with E-state index >= 15 is 0 Å². The van der Waals surface area contributed by atoms with E-state index in [9.17, 15) is 40.5 Å². The Morgan fingerprint density at radius 3 is 2.22 bits per heavy atom. The van der Waals surface area contributed by atoms with Gasteiger partial charge >= 0.3 is 5.97 Å². The highest BCUT2D eigenvalue weighted by Crippen LogP contribution is 2.40. The molecule has 2 heterocycles. The van der Waals surface area contributed by atoms with Crippen LogP contribution in [0.2, 0.25) is 0 Å². The molecule has 7 N–H and O–H groups in total. The third-order valence-electron chi connectivity index (χ3n) is 5.54. The smallest absolute Gasteiger partial charge is 0.312 e. The summed E-state index contributed by atoms with van der Waals surface area (Å²) in [5.74, 6) is -3.95. The molecule has 0 spiro atoms. The van der Waals surface area contributed by atoms with Gasteiger partial charge < -0.3 is 44.9 Å². The Kier molecular flexibility index (Phi) is 5.88. The summed E-state index contributed by atoms with van der Waals surface area (Å²) in [5.41, 5.74) is -1.44. The molecule has 1 fully saturated rings. The normalized spacial score (nSPS) is 26.4. The van der Waals surface area contributed by atoms with Crippen LogP contribution in [0.5, 0.6) is 0 Å². The number of ether oxygens (including phenoxy) is 1. The second kappa shape index (κ2) is 8.35. The number of rotatable bonds is 4. The Morgan fingerprint density at radius 2 is 1.53 bits per heavy atom. The lowest BCUT2D eigenvalue weighted by Gasteiger charge is -2.40. The van der Waals surface area contributed by atoms with E-state index < -0.39 is 59.9 Å². The van der Waals surface area contributed by atoms with Gasteiger partial charge in [-0.1, -0.05) is 36.4 Å². The highest BCUT2D eigenvalue weighted by atomic mass is 16.7. The number of hydrogen-bond donors (Lipinski definition) is 7. The van der Waals surface area contributed by atoms with Crippen molar-refractivity contribution in [2.75, 3.05) is 6.61 Å². The van der Waals surface area contributed by atoms with Crippen LogP contribution in [0.25, 0.3) is 22.3 Å². The van der Waals surface area contributed by atoms with Gasteiger partial charge in [-0.2, -0.15) is 0 Å². The fourth-order valence-electron chi connectivity index (χ4n) is 3.95. The van der Waals surface area contributed by atoms with Crippen molar-refractivity contribution in [1.29, 1.82) is 0 Å². The van der Waals surface area contributed by atoms with Crippen LogP contribution < -0.4 is 5.43 Å². The quantitative estimate of drug-likeness (QED) is 0.247. The molecule has 1 aliphatic heterocycles. The summed E-state index contributed by atoms with van der Waals surface area (Å²) in [6, 6.07) is 12.0. The first-order valence-electron chi connectivity index (χ1n) is 9.78. The zero-order valence-electron chi connectivity index (χ0n) is 16.6. The average molecular weight is 446 g/mol. The summed E-state index contributed by atoms with van der Waals surface area (Å²) in [7, 11) is 0. The van der Waals surface area contributed by atoms with Gasteiger partial charge in [0.2, 0.25) is 5.43 Å². The maximum atomic E-state index is 13.0. The molecule has 0 aliphatic carbocycles. The van der Waals surface area contributed by atoms with Crippen LogP contribution in [0.4, 0.5) is 0 Å². The second-order valence-corrected chi connectivity index (χ2v) is 7.60. The van der Waals surface area contributed by atoms with E-state index in [-0.39, 0.29) is 22.1 Å². The molecule has 0 amide bonds. The van der Waals surface area contributed by atoms with E-state index in [0.717, 1.165) is 0 Å². The van der Waals surface area contributed by atoms with Gasteiger partial charge in [0.15, 0.2) is 0 Å². The number of fused-ring (bicyclic) bond motifs is 1. The molecule has 0 bridgehead atoms. The van der Waals surface area contributed by atoms with Crippen molar-refractivity contribution in [3.05, 3.63) is 69.9 Å². The Morgan fingerprint density at radius 1 is 0.875 bits per heavy atom. The van der Waals surface area contributed by atoms with Gasteiger partial charge in [0, 0.05) is 5.56 Å². The fourth-order valence-corrected chi connectivity index (χ4v) is 3.95. The zero-order valence-corrected chi connectivity index (χ0v) is 16.6.